The van der Waals surface area contributed by atoms with Gasteiger partial charge in [0.05, 0.1) is 12.1 Å². The van der Waals surface area contributed by atoms with Crippen LogP contribution in [0.2, 0.25) is 0 Å². The minimum Gasteiger partial charge on any atom is -0.346 e. The number of hydrogen-bond donors (Lipinski definition) is 4. The van der Waals surface area contributed by atoms with E-state index in [1.54, 1.807) is 0 Å². The molecule has 2 unspecified atom stereocenters. The van der Waals surface area contributed by atoms with E-state index < -0.39 is 29.1 Å². The second-order valence-electron chi connectivity index (χ2n) is 18.1. The van der Waals surface area contributed by atoms with Crippen molar-refractivity contribution in [3.8, 4) is 0 Å². The lowest BCUT2D eigenvalue weighted by atomic mass is 9.76. The lowest BCUT2D eigenvalue weighted by molar-refractivity contribution is -0.140. The van der Waals surface area contributed by atoms with E-state index in [2.05, 4.69) is 48.6 Å². The summed E-state index contributed by atoms with van der Waals surface area (Å²) in [5, 5.41) is 12.1. The predicted octanol–water partition coefficient (Wildman–Crippen LogP) is 5.75. The van der Waals surface area contributed by atoms with Crippen molar-refractivity contribution in [2.45, 2.75) is 161 Å². The highest BCUT2D eigenvalue weighted by atomic mass is 16.2. The van der Waals surface area contributed by atoms with Crippen LogP contribution in [-0.4, -0.2) is 78.0 Å². The molecule has 11 nitrogen and oxygen atoms in total. The Hall–Kier alpha value is -3.24. The number of fused-ring (bicyclic) bond motifs is 1. The van der Waals surface area contributed by atoms with Crippen LogP contribution in [0.4, 0.5) is 4.79 Å². The third-order valence-corrected chi connectivity index (χ3v) is 13.3. The van der Waals surface area contributed by atoms with Crippen LogP contribution < -0.4 is 21.3 Å². The third-order valence-electron chi connectivity index (χ3n) is 13.3. The quantitative estimate of drug-likeness (QED) is 0.110. The molecule has 296 valence electrons. The van der Waals surface area contributed by atoms with Crippen LogP contribution in [0.5, 0.6) is 0 Å². The second kappa shape index (κ2) is 18.4. The number of rotatable bonds is 17. The summed E-state index contributed by atoms with van der Waals surface area (Å²) in [6, 6.07) is -1.66. The van der Waals surface area contributed by atoms with Gasteiger partial charge in [-0.15, -0.1) is 6.58 Å². The standard InChI is InChI=1S/C42H67N5O6/c1-5-23-43-39(52)36(49)32(21-12-16-28-14-11-15-28)44-38(51)30-19-13-20-31-37(50)42(31,25-30)26-34(41(2,3)4)46-40(53)45-33(29-17-7-6-8-18-29)27-47-24-10-9-22-35(47)48/h5,28-34H,1,6-27H2,2-4H3,(H,43,52)(H,44,51)(H2,45,46,53)/t30-,31+,32?,33-,34-,42?/m1/s1. The highest BCUT2D eigenvalue weighted by Gasteiger charge is 2.66. The fourth-order valence-corrected chi connectivity index (χ4v) is 9.58. The number of Topliss-reactive ketones (excluding diaryl/α,β-unsaturated/α-hetero) is 2. The van der Waals surface area contributed by atoms with Crippen LogP contribution in [0.25, 0.3) is 0 Å². The van der Waals surface area contributed by atoms with Crippen LogP contribution in [-0.2, 0) is 24.0 Å². The SMILES string of the molecule is C=CCNC(=O)C(=O)C(CCCC1CCC1)NC(=O)[C@@H]1CCC[C@H]2C(=O)C2(C[C@@H](NC(=O)N[C@H](CN2CCCCC2=O)C2CCCCC2)C(C)(C)C)C1. The molecule has 0 aromatic heterocycles. The van der Waals surface area contributed by atoms with Gasteiger partial charge in [0.1, 0.15) is 5.78 Å². The molecule has 5 aliphatic rings. The number of nitrogens with one attached hydrogen (secondary N) is 4. The van der Waals surface area contributed by atoms with E-state index in [0.717, 1.165) is 64.3 Å². The number of likely N-dealkylation sites (tertiary alicyclic amines) is 1. The molecule has 0 aromatic carbocycles. The van der Waals surface area contributed by atoms with Crippen molar-refractivity contribution >= 4 is 35.3 Å². The van der Waals surface area contributed by atoms with Crippen molar-refractivity contribution in [3.63, 3.8) is 0 Å². The summed E-state index contributed by atoms with van der Waals surface area (Å²) in [7, 11) is 0. The minimum absolute atomic E-state index is 0.138. The number of carbonyl (C=O) groups excluding carboxylic acids is 6. The van der Waals surface area contributed by atoms with Gasteiger partial charge < -0.3 is 26.2 Å². The Morgan fingerprint density at radius 1 is 0.906 bits per heavy atom. The molecule has 0 radical (unpaired) electrons. The molecule has 4 saturated carbocycles. The van der Waals surface area contributed by atoms with Gasteiger partial charge in [-0.1, -0.05) is 84.6 Å². The van der Waals surface area contributed by atoms with Crippen molar-refractivity contribution in [3.05, 3.63) is 12.7 Å². The maximum Gasteiger partial charge on any atom is 0.315 e. The lowest BCUT2D eigenvalue weighted by Gasteiger charge is -2.38. The number of amides is 5. The van der Waals surface area contributed by atoms with Gasteiger partial charge in [0.25, 0.3) is 5.91 Å². The molecule has 0 spiro atoms. The lowest BCUT2D eigenvalue weighted by Crippen LogP contribution is -2.56. The summed E-state index contributed by atoms with van der Waals surface area (Å²) in [5.74, 6) is -0.979. The molecule has 11 heteroatoms. The molecule has 4 N–H and O–H groups in total. The highest BCUT2D eigenvalue weighted by Crippen LogP contribution is 2.61. The first kappa shape index (κ1) is 40.9. The maximum absolute atomic E-state index is 14.0. The Kier molecular flexibility index (Phi) is 14.2. The molecule has 1 heterocycles. The Morgan fingerprint density at radius 2 is 1.64 bits per heavy atom. The molecule has 5 rings (SSSR count). The van der Waals surface area contributed by atoms with E-state index >= 15 is 0 Å². The zero-order valence-corrected chi connectivity index (χ0v) is 32.8. The average molecular weight is 738 g/mol. The average Bonchev–Trinajstić information content (AvgIpc) is 3.72. The van der Waals surface area contributed by atoms with Gasteiger partial charge in [-0.3, -0.25) is 24.0 Å². The van der Waals surface area contributed by atoms with Crippen molar-refractivity contribution in [2.24, 2.45) is 34.5 Å². The highest BCUT2D eigenvalue weighted by molar-refractivity contribution is 6.38. The monoisotopic (exact) mass is 738 g/mol. The minimum atomic E-state index is -0.915. The number of hydrogen-bond acceptors (Lipinski definition) is 6. The molecule has 6 atom stereocenters. The predicted molar refractivity (Wildman–Crippen MR) is 205 cm³/mol. The summed E-state index contributed by atoms with van der Waals surface area (Å²) in [6.07, 6.45) is 18.1. The number of carbonyl (C=O) groups is 6. The molecule has 1 aliphatic heterocycles. The molecule has 4 aliphatic carbocycles. The molecule has 0 aromatic rings. The smallest absolute Gasteiger partial charge is 0.315 e. The van der Waals surface area contributed by atoms with E-state index in [1.165, 1.54) is 31.8 Å². The molecule has 5 amide bonds. The topological polar surface area (TPSA) is 154 Å². The van der Waals surface area contributed by atoms with Gasteiger partial charge in [-0.25, -0.2) is 4.79 Å². The van der Waals surface area contributed by atoms with Crippen LogP contribution in [0, 0.1) is 34.5 Å². The first-order valence-corrected chi connectivity index (χ1v) is 20.9. The van der Waals surface area contributed by atoms with Crippen LogP contribution >= 0.6 is 0 Å². The first-order chi connectivity index (χ1) is 25.3. The molecule has 1 saturated heterocycles. The Morgan fingerprint density at radius 3 is 2.30 bits per heavy atom. The molecule has 53 heavy (non-hydrogen) atoms. The number of nitrogens with zero attached hydrogens (tertiary/aromatic N) is 1. The van der Waals surface area contributed by atoms with Crippen molar-refractivity contribution in [2.75, 3.05) is 19.6 Å². The van der Waals surface area contributed by atoms with Gasteiger partial charge in [-0.2, -0.15) is 0 Å². The Bertz CT molecular complexity index is 1350. The van der Waals surface area contributed by atoms with E-state index in [4.69, 9.17) is 0 Å². The Labute approximate surface area is 317 Å². The van der Waals surface area contributed by atoms with Gasteiger partial charge in [0.2, 0.25) is 17.6 Å². The fourth-order valence-electron chi connectivity index (χ4n) is 9.58. The first-order valence-electron chi connectivity index (χ1n) is 20.9. The Balaban J connectivity index is 1.25. The number of piperidine rings is 1. The summed E-state index contributed by atoms with van der Waals surface area (Å²) in [4.78, 5) is 82.2. The zero-order valence-electron chi connectivity index (χ0n) is 32.8. The summed E-state index contributed by atoms with van der Waals surface area (Å²) in [6.45, 7) is 11.2. The van der Waals surface area contributed by atoms with Crippen LogP contribution in [0.15, 0.2) is 12.7 Å². The third kappa shape index (κ3) is 10.7. The maximum atomic E-state index is 14.0. The second-order valence-corrected chi connectivity index (χ2v) is 18.1. The molecule has 5 fully saturated rings. The van der Waals surface area contributed by atoms with E-state index in [9.17, 15) is 28.8 Å². The van der Waals surface area contributed by atoms with Gasteiger partial charge in [0.15, 0.2) is 0 Å². The van der Waals surface area contributed by atoms with E-state index in [-0.39, 0.29) is 53.6 Å². The number of urea groups is 1. The van der Waals surface area contributed by atoms with Crippen LogP contribution in [0.1, 0.15) is 143 Å². The molecule has 0 bridgehead atoms. The summed E-state index contributed by atoms with van der Waals surface area (Å²) in [5.41, 5.74) is -1.10. The van der Waals surface area contributed by atoms with E-state index in [0.29, 0.717) is 56.9 Å². The fraction of sp³-hybridized carbons (Fsp3) is 0.810. The largest absolute Gasteiger partial charge is 0.346 e. The van der Waals surface area contributed by atoms with E-state index in [1.807, 2.05) is 4.90 Å². The van der Waals surface area contributed by atoms with Gasteiger partial charge in [0, 0.05) is 49.3 Å². The van der Waals surface area contributed by atoms with Gasteiger partial charge >= 0.3 is 6.03 Å². The normalized spacial score (nSPS) is 26.9. The van der Waals surface area contributed by atoms with Crippen molar-refractivity contribution in [1.82, 2.24) is 26.2 Å². The zero-order chi connectivity index (χ0) is 38.2. The van der Waals surface area contributed by atoms with Gasteiger partial charge in [-0.05, 0) is 75.0 Å². The molecular formula is C42H67N5O6. The molecular weight excluding hydrogens is 670 g/mol. The number of ketones is 2. The van der Waals surface area contributed by atoms with Crippen molar-refractivity contribution in [1.29, 1.82) is 0 Å². The summed E-state index contributed by atoms with van der Waals surface area (Å²) < 4.78 is 0. The van der Waals surface area contributed by atoms with Crippen molar-refractivity contribution < 1.29 is 28.8 Å². The van der Waals surface area contributed by atoms with Crippen LogP contribution in [0.3, 0.4) is 0 Å². The summed E-state index contributed by atoms with van der Waals surface area (Å²) >= 11 is 0.